The first-order valence-corrected chi connectivity index (χ1v) is 9.27. The molecule has 0 unspecified atom stereocenters. The average molecular weight is 378 g/mol. The maximum absolute atomic E-state index is 12.8. The van der Waals surface area contributed by atoms with Crippen LogP contribution in [0.2, 0.25) is 0 Å². The minimum atomic E-state index is -0.332. The first-order chi connectivity index (χ1) is 13.2. The van der Waals surface area contributed by atoms with Crippen LogP contribution in [0.1, 0.15) is 37.0 Å². The van der Waals surface area contributed by atoms with Crippen LogP contribution >= 0.6 is 0 Å². The van der Waals surface area contributed by atoms with Gasteiger partial charge < -0.3 is 10.2 Å². The fourth-order valence-electron chi connectivity index (χ4n) is 3.20. The first kappa shape index (κ1) is 19.6. The van der Waals surface area contributed by atoms with Crippen molar-refractivity contribution >= 4 is 22.8 Å². The van der Waals surface area contributed by atoms with E-state index in [9.17, 15) is 9.59 Å². The standard InChI is InChI=1S/C22H26N4O2/c1-15-23-18-13-16(21(28)25(5)14-20(27)24-22(2,3)4)11-12-19(18)26(15)17-9-7-6-8-10-17/h6-13H,14H2,1-5H3,(H,24,27). The molecule has 0 radical (unpaired) electrons. The molecular weight excluding hydrogens is 352 g/mol. The molecule has 6 heteroatoms. The number of nitrogens with one attached hydrogen (secondary N) is 1. The molecule has 0 spiro atoms. The molecular formula is C22H26N4O2. The summed E-state index contributed by atoms with van der Waals surface area (Å²) in [6.45, 7) is 7.67. The SMILES string of the molecule is Cc1nc2cc(C(=O)N(C)CC(=O)NC(C)(C)C)ccc2n1-c1ccccc1. The highest BCUT2D eigenvalue weighted by Crippen LogP contribution is 2.22. The summed E-state index contributed by atoms with van der Waals surface area (Å²) in [6, 6.07) is 15.4. The van der Waals surface area contributed by atoms with Gasteiger partial charge in [0, 0.05) is 23.8 Å². The third-order valence-corrected chi connectivity index (χ3v) is 4.33. The number of hydrogen-bond donors (Lipinski definition) is 1. The number of fused-ring (bicyclic) bond motifs is 1. The van der Waals surface area contributed by atoms with Crippen LogP contribution in [-0.4, -0.2) is 45.4 Å². The van der Waals surface area contributed by atoms with E-state index in [-0.39, 0.29) is 23.9 Å². The van der Waals surface area contributed by atoms with E-state index < -0.39 is 0 Å². The van der Waals surface area contributed by atoms with Crippen LogP contribution in [0, 0.1) is 6.92 Å². The Balaban J connectivity index is 1.85. The van der Waals surface area contributed by atoms with E-state index in [1.807, 2.05) is 64.1 Å². The fraction of sp³-hybridized carbons (Fsp3) is 0.318. The lowest BCUT2D eigenvalue weighted by Crippen LogP contribution is -2.46. The zero-order valence-electron chi connectivity index (χ0n) is 17.0. The number of nitrogens with zero attached hydrogens (tertiary/aromatic N) is 3. The van der Waals surface area contributed by atoms with Crippen LogP contribution in [0.3, 0.4) is 0 Å². The normalized spacial score (nSPS) is 11.5. The molecule has 146 valence electrons. The van der Waals surface area contributed by atoms with Crippen LogP contribution in [0.15, 0.2) is 48.5 Å². The second-order valence-electron chi connectivity index (χ2n) is 7.99. The number of rotatable bonds is 4. The molecule has 0 saturated heterocycles. The summed E-state index contributed by atoms with van der Waals surface area (Å²) in [6.07, 6.45) is 0. The minimum absolute atomic E-state index is 0.00558. The van der Waals surface area contributed by atoms with E-state index in [0.717, 1.165) is 22.5 Å². The van der Waals surface area contributed by atoms with E-state index in [2.05, 4.69) is 14.9 Å². The zero-order chi connectivity index (χ0) is 20.5. The predicted octanol–water partition coefficient (Wildman–Crippen LogP) is 3.32. The van der Waals surface area contributed by atoms with Gasteiger partial charge in [-0.05, 0) is 58.0 Å². The topological polar surface area (TPSA) is 67.2 Å². The minimum Gasteiger partial charge on any atom is -0.350 e. The quantitative estimate of drug-likeness (QED) is 0.757. The van der Waals surface area contributed by atoms with Crippen LogP contribution in [-0.2, 0) is 4.79 Å². The molecule has 1 heterocycles. The number of aromatic nitrogens is 2. The van der Waals surface area contributed by atoms with Crippen molar-refractivity contribution in [2.75, 3.05) is 13.6 Å². The highest BCUT2D eigenvalue weighted by molar-refractivity contribution is 5.99. The Kier molecular flexibility index (Phi) is 5.23. The second-order valence-corrected chi connectivity index (χ2v) is 7.99. The maximum atomic E-state index is 12.8. The predicted molar refractivity (Wildman–Crippen MR) is 111 cm³/mol. The van der Waals surface area contributed by atoms with Gasteiger partial charge in [0.2, 0.25) is 5.91 Å². The third-order valence-electron chi connectivity index (χ3n) is 4.33. The Bertz CT molecular complexity index is 1020. The van der Waals surface area contributed by atoms with Gasteiger partial charge in [-0.15, -0.1) is 0 Å². The van der Waals surface area contributed by atoms with Crippen molar-refractivity contribution in [3.63, 3.8) is 0 Å². The molecule has 1 N–H and O–H groups in total. The lowest BCUT2D eigenvalue weighted by Gasteiger charge is -2.23. The van der Waals surface area contributed by atoms with Gasteiger partial charge in [-0.1, -0.05) is 18.2 Å². The van der Waals surface area contributed by atoms with Crippen molar-refractivity contribution in [2.45, 2.75) is 33.2 Å². The van der Waals surface area contributed by atoms with Crippen molar-refractivity contribution in [1.29, 1.82) is 0 Å². The van der Waals surface area contributed by atoms with E-state index in [0.29, 0.717) is 5.56 Å². The number of carbonyl (C=O) groups is 2. The smallest absolute Gasteiger partial charge is 0.254 e. The molecule has 6 nitrogen and oxygen atoms in total. The van der Waals surface area contributed by atoms with Gasteiger partial charge in [-0.25, -0.2) is 4.98 Å². The van der Waals surface area contributed by atoms with Gasteiger partial charge in [0.05, 0.1) is 17.6 Å². The van der Waals surface area contributed by atoms with Crippen molar-refractivity contribution in [3.8, 4) is 5.69 Å². The lowest BCUT2D eigenvalue weighted by molar-refractivity contribution is -0.122. The first-order valence-electron chi connectivity index (χ1n) is 9.27. The van der Waals surface area contributed by atoms with Gasteiger partial charge >= 0.3 is 0 Å². The molecule has 0 fully saturated rings. The van der Waals surface area contributed by atoms with E-state index in [1.165, 1.54) is 4.90 Å². The van der Waals surface area contributed by atoms with Crippen LogP contribution < -0.4 is 5.32 Å². The fourth-order valence-corrected chi connectivity index (χ4v) is 3.20. The summed E-state index contributed by atoms with van der Waals surface area (Å²) in [5, 5.41) is 2.87. The molecule has 2 amide bonds. The Morgan fingerprint density at radius 1 is 1.11 bits per heavy atom. The second kappa shape index (κ2) is 7.46. The third kappa shape index (κ3) is 4.22. The summed E-state index contributed by atoms with van der Waals surface area (Å²) in [7, 11) is 1.63. The molecule has 3 aromatic rings. The Labute approximate surface area is 165 Å². The molecule has 3 rings (SSSR count). The zero-order valence-corrected chi connectivity index (χ0v) is 17.0. The number of para-hydroxylation sites is 1. The number of aryl methyl sites for hydroxylation is 1. The number of imidazole rings is 1. The van der Waals surface area contributed by atoms with Crippen molar-refractivity contribution in [2.24, 2.45) is 0 Å². The average Bonchev–Trinajstić information content (AvgIpc) is 2.94. The van der Waals surface area contributed by atoms with Crippen molar-refractivity contribution in [3.05, 3.63) is 59.9 Å². The molecule has 0 bridgehead atoms. The van der Waals surface area contributed by atoms with Crippen LogP contribution in [0.5, 0.6) is 0 Å². The Morgan fingerprint density at radius 2 is 1.79 bits per heavy atom. The molecule has 0 aliphatic carbocycles. The monoisotopic (exact) mass is 378 g/mol. The molecule has 0 aliphatic heterocycles. The molecule has 0 aliphatic rings. The largest absolute Gasteiger partial charge is 0.350 e. The highest BCUT2D eigenvalue weighted by atomic mass is 16.2. The van der Waals surface area contributed by atoms with Crippen LogP contribution in [0.25, 0.3) is 16.7 Å². The van der Waals surface area contributed by atoms with E-state index >= 15 is 0 Å². The summed E-state index contributed by atoms with van der Waals surface area (Å²) in [4.78, 5) is 30.9. The van der Waals surface area contributed by atoms with Gasteiger partial charge in [0.25, 0.3) is 5.91 Å². The summed E-state index contributed by atoms with van der Waals surface area (Å²) in [5.74, 6) is 0.454. The van der Waals surface area contributed by atoms with Crippen molar-refractivity contribution < 1.29 is 9.59 Å². The molecule has 28 heavy (non-hydrogen) atoms. The lowest BCUT2D eigenvalue weighted by atomic mass is 10.1. The van der Waals surface area contributed by atoms with E-state index in [1.54, 1.807) is 19.2 Å². The summed E-state index contributed by atoms with van der Waals surface area (Å²) in [5.41, 5.74) is 2.89. The Morgan fingerprint density at radius 3 is 2.43 bits per heavy atom. The number of amides is 2. The Hall–Kier alpha value is -3.15. The molecule has 0 atom stereocenters. The number of benzene rings is 2. The van der Waals surface area contributed by atoms with Crippen LogP contribution in [0.4, 0.5) is 0 Å². The summed E-state index contributed by atoms with van der Waals surface area (Å²) < 4.78 is 2.06. The number of likely N-dealkylation sites (N-methyl/N-ethyl adjacent to an activating group) is 1. The maximum Gasteiger partial charge on any atom is 0.254 e. The highest BCUT2D eigenvalue weighted by Gasteiger charge is 2.20. The van der Waals surface area contributed by atoms with Gasteiger partial charge in [-0.2, -0.15) is 0 Å². The summed E-state index contributed by atoms with van der Waals surface area (Å²) >= 11 is 0. The number of hydrogen-bond acceptors (Lipinski definition) is 3. The van der Waals surface area contributed by atoms with Gasteiger partial charge in [0.1, 0.15) is 5.82 Å². The van der Waals surface area contributed by atoms with Crippen molar-refractivity contribution in [1.82, 2.24) is 19.8 Å². The molecule has 2 aromatic carbocycles. The molecule has 1 aromatic heterocycles. The van der Waals surface area contributed by atoms with E-state index in [4.69, 9.17) is 0 Å². The van der Waals surface area contributed by atoms with Gasteiger partial charge in [0.15, 0.2) is 0 Å². The molecule has 0 saturated carbocycles. The van der Waals surface area contributed by atoms with Gasteiger partial charge in [-0.3, -0.25) is 14.2 Å². The number of carbonyl (C=O) groups excluding carboxylic acids is 2.